The molecular formula is C8H7Cl2NO2. The summed E-state index contributed by atoms with van der Waals surface area (Å²) in [5, 5.41) is 11.1. The first-order valence-electron chi connectivity index (χ1n) is 3.64. The summed E-state index contributed by atoms with van der Waals surface area (Å²) >= 11 is 11.4. The predicted octanol–water partition coefficient (Wildman–Crippen LogP) is 2.81. The van der Waals surface area contributed by atoms with E-state index in [1.54, 1.807) is 18.2 Å². The number of nitro groups is 1. The Labute approximate surface area is 85.4 Å². The van der Waals surface area contributed by atoms with Gasteiger partial charge in [-0.25, -0.2) is 0 Å². The van der Waals surface area contributed by atoms with E-state index in [2.05, 4.69) is 0 Å². The van der Waals surface area contributed by atoms with Crippen LogP contribution in [-0.4, -0.2) is 11.5 Å². The molecule has 0 aromatic heterocycles. The van der Waals surface area contributed by atoms with Crippen molar-refractivity contribution >= 4 is 23.2 Å². The highest BCUT2D eigenvalue weighted by Gasteiger charge is 2.02. The Hall–Kier alpha value is -0.800. The largest absolute Gasteiger partial charge is 0.265 e. The number of halogens is 2. The molecule has 1 aromatic carbocycles. The Bertz CT molecular complexity index is 308. The van der Waals surface area contributed by atoms with Crippen molar-refractivity contribution in [1.82, 2.24) is 0 Å². The van der Waals surface area contributed by atoms with E-state index in [-0.39, 0.29) is 11.5 Å². The fourth-order valence-corrected chi connectivity index (χ4v) is 1.55. The molecule has 0 N–H and O–H groups in total. The quantitative estimate of drug-likeness (QED) is 0.580. The zero-order chi connectivity index (χ0) is 9.84. The Balaban J connectivity index is 2.71. The number of hydrogen-bond donors (Lipinski definition) is 0. The molecule has 5 heteroatoms. The molecule has 1 aromatic rings. The van der Waals surface area contributed by atoms with E-state index in [4.69, 9.17) is 23.2 Å². The van der Waals surface area contributed by atoms with E-state index in [1.165, 1.54) is 0 Å². The molecule has 0 radical (unpaired) electrons. The van der Waals surface area contributed by atoms with Gasteiger partial charge in [-0.1, -0.05) is 23.2 Å². The molecule has 1 rings (SSSR count). The molecule has 0 fully saturated rings. The molecule has 0 spiro atoms. The van der Waals surface area contributed by atoms with Gasteiger partial charge >= 0.3 is 0 Å². The van der Waals surface area contributed by atoms with Gasteiger partial charge in [0.15, 0.2) is 0 Å². The first-order chi connectivity index (χ1) is 6.08. The van der Waals surface area contributed by atoms with Crippen molar-refractivity contribution < 1.29 is 4.92 Å². The molecule has 0 aliphatic rings. The molecule has 70 valence electrons. The topological polar surface area (TPSA) is 43.1 Å². The van der Waals surface area contributed by atoms with Gasteiger partial charge in [0, 0.05) is 21.4 Å². The van der Waals surface area contributed by atoms with E-state index in [9.17, 15) is 10.1 Å². The molecule has 0 saturated heterocycles. The summed E-state index contributed by atoms with van der Waals surface area (Å²) in [5.41, 5.74) is 0.786. The highest BCUT2D eigenvalue weighted by atomic mass is 35.5. The lowest BCUT2D eigenvalue weighted by Crippen LogP contribution is -2.03. The molecule has 0 heterocycles. The molecule has 0 amide bonds. The van der Waals surface area contributed by atoms with Gasteiger partial charge in [-0.2, -0.15) is 0 Å². The van der Waals surface area contributed by atoms with E-state index in [0.29, 0.717) is 16.5 Å². The number of rotatable bonds is 3. The fourth-order valence-electron chi connectivity index (χ4n) is 0.976. The highest BCUT2D eigenvalue weighted by molar-refractivity contribution is 6.34. The summed E-state index contributed by atoms with van der Waals surface area (Å²) < 4.78 is 0. The maximum absolute atomic E-state index is 10.1. The minimum atomic E-state index is -0.366. The lowest BCUT2D eigenvalue weighted by atomic mass is 10.1. The van der Waals surface area contributed by atoms with Crippen LogP contribution in [0, 0.1) is 10.1 Å². The van der Waals surface area contributed by atoms with Crippen LogP contribution in [0.5, 0.6) is 0 Å². The smallest absolute Gasteiger partial charge is 0.207 e. The molecule has 0 atom stereocenters. The van der Waals surface area contributed by atoms with Crippen molar-refractivity contribution in [3.05, 3.63) is 43.9 Å². The summed E-state index contributed by atoms with van der Waals surface area (Å²) in [6.45, 7) is -0.101. The summed E-state index contributed by atoms with van der Waals surface area (Å²) in [6.07, 6.45) is 0.354. The van der Waals surface area contributed by atoms with Gasteiger partial charge in [0.25, 0.3) is 0 Å². The van der Waals surface area contributed by atoms with Crippen LogP contribution in [0.15, 0.2) is 18.2 Å². The lowest BCUT2D eigenvalue weighted by Gasteiger charge is -1.99. The third-order valence-corrected chi connectivity index (χ3v) is 1.94. The second-order valence-electron chi connectivity index (χ2n) is 2.58. The van der Waals surface area contributed by atoms with Crippen LogP contribution in [0.1, 0.15) is 5.56 Å². The zero-order valence-corrected chi connectivity index (χ0v) is 8.18. The number of nitrogens with zero attached hydrogens (tertiary/aromatic N) is 1. The predicted molar refractivity (Wildman–Crippen MR) is 52.0 cm³/mol. The van der Waals surface area contributed by atoms with Crippen LogP contribution in [0.2, 0.25) is 10.0 Å². The minimum absolute atomic E-state index is 0.101. The Morgan fingerprint density at radius 1 is 1.23 bits per heavy atom. The van der Waals surface area contributed by atoms with Crippen LogP contribution in [0.3, 0.4) is 0 Å². The Morgan fingerprint density at radius 2 is 1.77 bits per heavy atom. The van der Waals surface area contributed by atoms with Crippen LogP contribution in [0.25, 0.3) is 0 Å². The van der Waals surface area contributed by atoms with Gasteiger partial charge in [0.1, 0.15) is 0 Å². The highest BCUT2D eigenvalue weighted by Crippen LogP contribution is 2.19. The van der Waals surface area contributed by atoms with Crippen molar-refractivity contribution in [2.75, 3.05) is 6.54 Å². The molecule has 3 nitrogen and oxygen atoms in total. The average Bonchev–Trinajstić information content (AvgIpc) is 1.99. The normalized spacial score (nSPS) is 10.0. The molecule has 0 aliphatic carbocycles. The maximum Gasteiger partial charge on any atom is 0.207 e. The summed E-state index contributed by atoms with van der Waals surface area (Å²) in [5.74, 6) is 0. The maximum atomic E-state index is 10.1. The summed E-state index contributed by atoms with van der Waals surface area (Å²) in [7, 11) is 0. The molecule has 0 aliphatic heterocycles. The van der Waals surface area contributed by atoms with E-state index >= 15 is 0 Å². The van der Waals surface area contributed by atoms with Gasteiger partial charge in [0.05, 0.1) is 0 Å². The van der Waals surface area contributed by atoms with Crippen molar-refractivity contribution in [3.63, 3.8) is 0 Å². The minimum Gasteiger partial charge on any atom is -0.265 e. The van der Waals surface area contributed by atoms with Gasteiger partial charge in [0.2, 0.25) is 6.54 Å². The second kappa shape index (κ2) is 4.44. The second-order valence-corrected chi connectivity index (χ2v) is 3.46. The van der Waals surface area contributed by atoms with Crippen molar-refractivity contribution in [2.24, 2.45) is 0 Å². The zero-order valence-electron chi connectivity index (χ0n) is 6.67. The fraction of sp³-hybridized carbons (Fsp3) is 0.250. The lowest BCUT2D eigenvalue weighted by molar-refractivity contribution is -0.479. The average molecular weight is 220 g/mol. The summed E-state index contributed by atoms with van der Waals surface area (Å²) in [4.78, 5) is 9.72. The molecule has 13 heavy (non-hydrogen) atoms. The molecular weight excluding hydrogens is 213 g/mol. The monoisotopic (exact) mass is 219 g/mol. The van der Waals surface area contributed by atoms with Crippen molar-refractivity contribution in [1.29, 1.82) is 0 Å². The standard InChI is InChI=1S/C8H7Cl2NO2/c9-7-3-6(1-2-11(12)13)4-8(10)5-7/h3-5H,1-2H2. The third kappa shape index (κ3) is 3.61. The van der Waals surface area contributed by atoms with Gasteiger partial charge in [-0.05, 0) is 23.8 Å². The summed E-state index contributed by atoms with van der Waals surface area (Å²) in [6, 6.07) is 4.95. The first kappa shape index (κ1) is 10.3. The third-order valence-electron chi connectivity index (χ3n) is 1.51. The van der Waals surface area contributed by atoms with Gasteiger partial charge in [-0.15, -0.1) is 0 Å². The van der Waals surface area contributed by atoms with Gasteiger partial charge < -0.3 is 0 Å². The first-order valence-corrected chi connectivity index (χ1v) is 4.40. The van der Waals surface area contributed by atoms with E-state index < -0.39 is 0 Å². The van der Waals surface area contributed by atoms with Crippen LogP contribution in [0.4, 0.5) is 0 Å². The Kier molecular flexibility index (Phi) is 3.51. The molecule has 0 saturated carbocycles. The van der Waals surface area contributed by atoms with Crippen LogP contribution in [-0.2, 0) is 6.42 Å². The van der Waals surface area contributed by atoms with Gasteiger partial charge in [-0.3, -0.25) is 10.1 Å². The van der Waals surface area contributed by atoms with Crippen molar-refractivity contribution in [2.45, 2.75) is 6.42 Å². The van der Waals surface area contributed by atoms with Crippen molar-refractivity contribution in [3.8, 4) is 0 Å². The number of hydrogen-bond acceptors (Lipinski definition) is 2. The SMILES string of the molecule is O=[N+]([O-])CCc1cc(Cl)cc(Cl)c1. The molecule has 0 unspecified atom stereocenters. The van der Waals surface area contributed by atoms with Crippen LogP contribution >= 0.6 is 23.2 Å². The Morgan fingerprint density at radius 3 is 2.23 bits per heavy atom. The van der Waals surface area contributed by atoms with E-state index in [0.717, 1.165) is 5.56 Å². The van der Waals surface area contributed by atoms with E-state index in [1.807, 2.05) is 0 Å². The van der Waals surface area contributed by atoms with Crippen LogP contribution < -0.4 is 0 Å². The number of benzene rings is 1. The molecule has 0 bridgehead atoms.